The van der Waals surface area contributed by atoms with Crippen LogP contribution in [0.5, 0.6) is 5.75 Å². The van der Waals surface area contributed by atoms with E-state index in [4.69, 9.17) is 9.47 Å². The van der Waals surface area contributed by atoms with Crippen LogP contribution in [0.1, 0.15) is 24.2 Å². The van der Waals surface area contributed by atoms with Gasteiger partial charge in [-0.3, -0.25) is 19.3 Å². The summed E-state index contributed by atoms with van der Waals surface area (Å²) < 4.78 is 10.4. The number of methoxy groups -OCH3 is 1. The number of carbonyl (C=O) groups is 3. The monoisotopic (exact) mass is 320 g/mol. The third kappa shape index (κ3) is 3.87. The number of ketones is 1. The van der Waals surface area contributed by atoms with E-state index in [0.29, 0.717) is 30.2 Å². The van der Waals surface area contributed by atoms with Gasteiger partial charge in [-0.1, -0.05) is 0 Å². The van der Waals surface area contributed by atoms with E-state index in [9.17, 15) is 14.4 Å². The molecule has 1 aliphatic rings. The molecule has 0 saturated carbocycles. The molecule has 0 aromatic heterocycles. The first-order chi connectivity index (χ1) is 10.9. The zero-order valence-electron chi connectivity index (χ0n) is 13.4. The van der Waals surface area contributed by atoms with Crippen molar-refractivity contribution in [2.45, 2.75) is 20.0 Å². The number of ether oxygens (including phenoxy) is 2. The Balaban J connectivity index is 2.24. The van der Waals surface area contributed by atoms with Crippen LogP contribution in [0, 0.1) is 0 Å². The highest BCUT2D eigenvalue weighted by Gasteiger charge is 2.33. The minimum Gasteiger partial charge on any atom is -0.479 e. The molecular weight excluding hydrogens is 300 g/mol. The van der Waals surface area contributed by atoms with Gasteiger partial charge in [0.1, 0.15) is 12.3 Å². The van der Waals surface area contributed by atoms with Crippen LogP contribution in [0.3, 0.4) is 0 Å². The normalized spacial score (nSPS) is 16.6. The molecule has 1 heterocycles. The van der Waals surface area contributed by atoms with E-state index in [-0.39, 0.29) is 24.1 Å². The summed E-state index contributed by atoms with van der Waals surface area (Å²) >= 11 is 0. The fourth-order valence-corrected chi connectivity index (χ4v) is 2.28. The molecule has 0 aliphatic carbocycles. The Kier molecular flexibility index (Phi) is 5.33. The molecule has 0 saturated heterocycles. The molecule has 0 fully saturated rings. The fraction of sp³-hybridized carbons (Fsp3) is 0.438. The van der Waals surface area contributed by atoms with Crippen molar-refractivity contribution in [2.24, 2.45) is 0 Å². The average Bonchev–Trinajstić information content (AvgIpc) is 2.51. The predicted octanol–water partition coefficient (Wildman–Crippen LogP) is 0.766. The molecule has 2 amide bonds. The van der Waals surface area contributed by atoms with E-state index in [1.165, 1.54) is 11.8 Å². The van der Waals surface area contributed by atoms with Gasteiger partial charge >= 0.3 is 0 Å². The van der Waals surface area contributed by atoms with Crippen LogP contribution in [0.4, 0.5) is 5.69 Å². The highest BCUT2D eigenvalue weighted by molar-refractivity contribution is 6.05. The van der Waals surface area contributed by atoms with Crippen LogP contribution in [0.15, 0.2) is 18.2 Å². The van der Waals surface area contributed by atoms with Crippen molar-refractivity contribution < 1.29 is 23.9 Å². The standard InChI is InChI=1S/C16H20N2O5/c1-10(19)12-4-5-14-13(8-12)18(16(21)11(2)23-14)9-15(20)17-6-7-22-3/h4-5,8,11H,6-7,9H2,1-3H3,(H,17,20). The lowest BCUT2D eigenvalue weighted by molar-refractivity contribution is -0.128. The zero-order valence-corrected chi connectivity index (χ0v) is 13.4. The summed E-state index contributed by atoms with van der Waals surface area (Å²) in [5.74, 6) is -0.265. The van der Waals surface area contributed by atoms with Gasteiger partial charge < -0.3 is 14.8 Å². The molecule has 1 aromatic rings. The van der Waals surface area contributed by atoms with Crippen molar-refractivity contribution in [2.75, 3.05) is 31.7 Å². The number of hydrogen-bond acceptors (Lipinski definition) is 5. The van der Waals surface area contributed by atoms with E-state index in [2.05, 4.69) is 5.32 Å². The molecule has 7 nitrogen and oxygen atoms in total. The number of carbonyl (C=O) groups excluding carboxylic acids is 3. The molecule has 1 atom stereocenters. The molecule has 1 N–H and O–H groups in total. The fourth-order valence-electron chi connectivity index (χ4n) is 2.28. The number of nitrogens with one attached hydrogen (secondary N) is 1. The summed E-state index contributed by atoms with van der Waals surface area (Å²) in [7, 11) is 1.54. The second-order valence-corrected chi connectivity index (χ2v) is 5.27. The van der Waals surface area contributed by atoms with Gasteiger partial charge in [-0.25, -0.2) is 0 Å². The second-order valence-electron chi connectivity index (χ2n) is 5.27. The largest absolute Gasteiger partial charge is 0.479 e. The minimum absolute atomic E-state index is 0.122. The van der Waals surface area contributed by atoms with Crippen LogP contribution in [-0.4, -0.2) is 50.5 Å². The number of rotatable bonds is 6. The highest BCUT2D eigenvalue weighted by atomic mass is 16.5. The van der Waals surface area contributed by atoms with Gasteiger partial charge in [0.25, 0.3) is 5.91 Å². The molecule has 124 valence electrons. The summed E-state index contributed by atoms with van der Waals surface area (Å²) in [5.41, 5.74) is 0.891. The SMILES string of the molecule is COCCNC(=O)CN1C(=O)C(C)Oc2ccc(C(C)=O)cc21. The Labute approximate surface area is 134 Å². The lowest BCUT2D eigenvalue weighted by atomic mass is 10.1. The van der Waals surface area contributed by atoms with Crippen LogP contribution >= 0.6 is 0 Å². The Morgan fingerprint density at radius 2 is 2.13 bits per heavy atom. The van der Waals surface area contributed by atoms with E-state index in [0.717, 1.165) is 0 Å². The summed E-state index contributed by atoms with van der Waals surface area (Å²) in [5, 5.41) is 2.67. The Bertz CT molecular complexity index is 629. The average molecular weight is 320 g/mol. The lowest BCUT2D eigenvalue weighted by Crippen LogP contribution is -2.49. The topological polar surface area (TPSA) is 84.9 Å². The summed E-state index contributed by atoms with van der Waals surface area (Å²) in [6, 6.07) is 4.86. The number of anilines is 1. The molecule has 0 spiro atoms. The Hall–Kier alpha value is -2.41. The summed E-state index contributed by atoms with van der Waals surface area (Å²) in [4.78, 5) is 37.2. The third-order valence-corrected chi connectivity index (χ3v) is 3.50. The van der Waals surface area contributed by atoms with Crippen LogP contribution in [0.2, 0.25) is 0 Å². The van der Waals surface area contributed by atoms with E-state index >= 15 is 0 Å². The molecule has 0 bridgehead atoms. The number of nitrogens with zero attached hydrogens (tertiary/aromatic N) is 1. The zero-order chi connectivity index (χ0) is 17.0. The minimum atomic E-state index is -0.683. The van der Waals surface area contributed by atoms with Crippen molar-refractivity contribution in [1.29, 1.82) is 0 Å². The predicted molar refractivity (Wildman–Crippen MR) is 83.8 cm³/mol. The third-order valence-electron chi connectivity index (χ3n) is 3.50. The van der Waals surface area contributed by atoms with E-state index in [1.54, 1.807) is 32.2 Å². The van der Waals surface area contributed by atoms with Gasteiger partial charge in [-0.15, -0.1) is 0 Å². The first-order valence-electron chi connectivity index (χ1n) is 7.32. The molecule has 23 heavy (non-hydrogen) atoms. The van der Waals surface area contributed by atoms with Gasteiger partial charge in [-0.2, -0.15) is 0 Å². The molecule has 7 heteroatoms. The van der Waals surface area contributed by atoms with E-state index in [1.807, 2.05) is 0 Å². The molecule has 1 aliphatic heterocycles. The van der Waals surface area contributed by atoms with Crippen molar-refractivity contribution in [3.05, 3.63) is 23.8 Å². The van der Waals surface area contributed by atoms with Crippen LogP contribution in [0.25, 0.3) is 0 Å². The molecule has 2 rings (SSSR count). The smallest absolute Gasteiger partial charge is 0.268 e. The number of Topliss-reactive ketones (excluding diaryl/α,β-unsaturated/α-hetero) is 1. The van der Waals surface area contributed by atoms with Crippen molar-refractivity contribution >= 4 is 23.3 Å². The number of benzene rings is 1. The Morgan fingerprint density at radius 1 is 1.39 bits per heavy atom. The van der Waals surface area contributed by atoms with Crippen molar-refractivity contribution in [1.82, 2.24) is 5.32 Å². The highest BCUT2D eigenvalue weighted by Crippen LogP contribution is 2.34. The van der Waals surface area contributed by atoms with E-state index < -0.39 is 6.10 Å². The molecular formula is C16H20N2O5. The second kappa shape index (κ2) is 7.23. The van der Waals surface area contributed by atoms with Crippen LogP contribution in [-0.2, 0) is 14.3 Å². The van der Waals surface area contributed by atoms with Gasteiger partial charge in [0.05, 0.1) is 12.3 Å². The van der Waals surface area contributed by atoms with Gasteiger partial charge in [-0.05, 0) is 32.0 Å². The summed E-state index contributed by atoms with van der Waals surface area (Å²) in [6.45, 7) is 3.69. The van der Waals surface area contributed by atoms with Gasteiger partial charge in [0.2, 0.25) is 5.91 Å². The summed E-state index contributed by atoms with van der Waals surface area (Å²) in [6.07, 6.45) is -0.683. The number of hydrogen-bond donors (Lipinski definition) is 1. The quantitative estimate of drug-likeness (QED) is 0.618. The molecule has 1 unspecified atom stereocenters. The number of fused-ring (bicyclic) bond motifs is 1. The van der Waals surface area contributed by atoms with Gasteiger partial charge in [0, 0.05) is 19.2 Å². The van der Waals surface area contributed by atoms with Crippen LogP contribution < -0.4 is 15.0 Å². The molecule has 1 aromatic carbocycles. The van der Waals surface area contributed by atoms with Gasteiger partial charge in [0.15, 0.2) is 11.9 Å². The first-order valence-corrected chi connectivity index (χ1v) is 7.32. The first kappa shape index (κ1) is 17.0. The maximum absolute atomic E-state index is 12.3. The molecule has 0 radical (unpaired) electrons. The number of amides is 2. The maximum Gasteiger partial charge on any atom is 0.268 e. The lowest BCUT2D eigenvalue weighted by Gasteiger charge is -2.32. The van der Waals surface area contributed by atoms with Crippen molar-refractivity contribution in [3.8, 4) is 5.75 Å². The van der Waals surface area contributed by atoms with Crippen molar-refractivity contribution in [3.63, 3.8) is 0 Å². The maximum atomic E-state index is 12.3. The Morgan fingerprint density at radius 3 is 2.78 bits per heavy atom.